The fraction of sp³-hybridized carbons (Fsp3) is 1.00. The van der Waals surface area contributed by atoms with Crippen molar-refractivity contribution in [3.05, 3.63) is 0 Å². The molecule has 4 nitrogen and oxygen atoms in total. The zero-order valence-electron chi connectivity index (χ0n) is 10.4. The van der Waals surface area contributed by atoms with E-state index in [2.05, 4.69) is 12.2 Å². The summed E-state index contributed by atoms with van der Waals surface area (Å²) in [5.74, 6) is 0. The molecule has 0 aliphatic rings. The minimum Gasteiger partial charge on any atom is -0.396 e. The third kappa shape index (κ3) is 6.84. The van der Waals surface area contributed by atoms with E-state index in [1.165, 1.54) is 0 Å². The van der Waals surface area contributed by atoms with E-state index >= 15 is 0 Å². The Morgan fingerprint density at radius 1 is 1.47 bits per heavy atom. The Labute approximate surface area is 93.2 Å². The van der Waals surface area contributed by atoms with Gasteiger partial charge in [-0.1, -0.05) is 0 Å². The Morgan fingerprint density at radius 3 is 2.47 bits per heavy atom. The molecule has 0 radical (unpaired) electrons. The Kier molecular flexibility index (Phi) is 7.09. The van der Waals surface area contributed by atoms with Gasteiger partial charge in [0.15, 0.2) is 0 Å². The zero-order chi connectivity index (χ0) is 11.9. The largest absolute Gasteiger partial charge is 0.396 e. The molecule has 0 aromatic rings. The lowest BCUT2D eigenvalue weighted by atomic mass is 9.98. The van der Waals surface area contributed by atoms with Crippen LogP contribution in [0.15, 0.2) is 0 Å². The molecule has 15 heavy (non-hydrogen) atoms. The summed E-state index contributed by atoms with van der Waals surface area (Å²) in [6.45, 7) is 6.95. The zero-order valence-corrected chi connectivity index (χ0v) is 10.4. The van der Waals surface area contributed by atoms with Crippen molar-refractivity contribution in [2.45, 2.75) is 51.3 Å². The van der Waals surface area contributed by atoms with Gasteiger partial charge in [-0.3, -0.25) is 0 Å². The van der Waals surface area contributed by atoms with E-state index in [4.69, 9.17) is 15.6 Å². The molecule has 0 aliphatic carbocycles. The van der Waals surface area contributed by atoms with Gasteiger partial charge in [0.1, 0.15) is 0 Å². The van der Waals surface area contributed by atoms with Crippen LogP contribution in [0.5, 0.6) is 0 Å². The number of nitrogens with one attached hydrogen (secondary N) is 1. The third-order valence-corrected chi connectivity index (χ3v) is 2.66. The lowest BCUT2D eigenvalue weighted by molar-refractivity contribution is 0.00682. The van der Waals surface area contributed by atoms with Crippen LogP contribution in [0.25, 0.3) is 0 Å². The van der Waals surface area contributed by atoms with Crippen molar-refractivity contribution in [3.63, 3.8) is 0 Å². The predicted octanol–water partition coefficient (Wildman–Crippen LogP) is 0.489. The average Bonchev–Trinajstić information content (AvgIpc) is 2.17. The van der Waals surface area contributed by atoms with E-state index in [9.17, 15) is 0 Å². The van der Waals surface area contributed by atoms with Crippen LogP contribution in [0.1, 0.15) is 33.6 Å². The van der Waals surface area contributed by atoms with Crippen LogP contribution in [0.2, 0.25) is 0 Å². The highest BCUT2D eigenvalue weighted by atomic mass is 16.5. The SMILES string of the molecule is COC(C)(C)CC(CN)NC(C)CCO. The van der Waals surface area contributed by atoms with Gasteiger partial charge in [0.25, 0.3) is 0 Å². The van der Waals surface area contributed by atoms with Gasteiger partial charge in [-0.2, -0.15) is 0 Å². The number of aliphatic hydroxyl groups excluding tert-OH is 1. The Morgan fingerprint density at radius 2 is 2.07 bits per heavy atom. The fourth-order valence-corrected chi connectivity index (χ4v) is 1.57. The maximum atomic E-state index is 8.81. The van der Waals surface area contributed by atoms with Crippen molar-refractivity contribution in [2.24, 2.45) is 5.73 Å². The first-order chi connectivity index (χ1) is 6.95. The normalized spacial score (nSPS) is 16.4. The molecule has 0 aliphatic heterocycles. The van der Waals surface area contributed by atoms with E-state index < -0.39 is 0 Å². The minimum atomic E-state index is -0.157. The summed E-state index contributed by atoms with van der Waals surface area (Å²) in [4.78, 5) is 0. The molecule has 0 fully saturated rings. The number of hydrogen-bond donors (Lipinski definition) is 3. The van der Waals surface area contributed by atoms with Gasteiger partial charge in [-0.15, -0.1) is 0 Å². The standard InChI is InChI=1S/C11H26N2O2/c1-9(5-6-14)13-10(8-12)7-11(2,3)15-4/h9-10,13-14H,5-8,12H2,1-4H3. The minimum absolute atomic E-state index is 0.157. The van der Waals surface area contributed by atoms with Crippen LogP contribution in [0, 0.1) is 0 Å². The summed E-state index contributed by atoms with van der Waals surface area (Å²) < 4.78 is 5.37. The molecule has 0 saturated carbocycles. The molecule has 2 unspecified atom stereocenters. The molecule has 2 atom stereocenters. The molecule has 0 rings (SSSR count). The second-order valence-electron chi connectivity index (χ2n) is 4.68. The maximum Gasteiger partial charge on any atom is 0.0638 e. The molecule has 0 aromatic carbocycles. The topological polar surface area (TPSA) is 67.5 Å². The number of methoxy groups -OCH3 is 1. The number of aliphatic hydroxyl groups is 1. The number of rotatable bonds is 8. The lowest BCUT2D eigenvalue weighted by Gasteiger charge is -2.30. The van der Waals surface area contributed by atoms with Crippen molar-refractivity contribution >= 4 is 0 Å². The second kappa shape index (κ2) is 7.17. The first kappa shape index (κ1) is 14.8. The highest BCUT2D eigenvalue weighted by Crippen LogP contribution is 2.15. The highest BCUT2D eigenvalue weighted by molar-refractivity contribution is 4.80. The molecule has 0 bridgehead atoms. The van der Waals surface area contributed by atoms with Crippen molar-refractivity contribution in [1.29, 1.82) is 0 Å². The number of hydrogen-bond acceptors (Lipinski definition) is 4. The van der Waals surface area contributed by atoms with Crippen molar-refractivity contribution in [3.8, 4) is 0 Å². The van der Waals surface area contributed by atoms with Crippen LogP contribution in [0.4, 0.5) is 0 Å². The van der Waals surface area contributed by atoms with E-state index in [-0.39, 0.29) is 24.3 Å². The quantitative estimate of drug-likeness (QED) is 0.554. The van der Waals surface area contributed by atoms with E-state index in [1.54, 1.807) is 7.11 Å². The van der Waals surface area contributed by atoms with Gasteiger partial charge in [0.2, 0.25) is 0 Å². The Balaban J connectivity index is 4.02. The van der Waals surface area contributed by atoms with Gasteiger partial charge < -0.3 is 20.9 Å². The summed E-state index contributed by atoms with van der Waals surface area (Å²) in [5, 5.41) is 12.2. The molecule has 4 heteroatoms. The maximum absolute atomic E-state index is 8.81. The van der Waals surface area contributed by atoms with Crippen molar-refractivity contribution < 1.29 is 9.84 Å². The molecule has 92 valence electrons. The van der Waals surface area contributed by atoms with Crippen molar-refractivity contribution in [1.82, 2.24) is 5.32 Å². The lowest BCUT2D eigenvalue weighted by Crippen LogP contribution is -2.46. The van der Waals surface area contributed by atoms with Crippen LogP contribution in [0.3, 0.4) is 0 Å². The molecule has 0 amide bonds. The molecule has 0 saturated heterocycles. The predicted molar refractivity (Wildman–Crippen MR) is 62.8 cm³/mol. The molecule has 0 heterocycles. The number of nitrogens with two attached hydrogens (primary N) is 1. The Hall–Kier alpha value is -0.160. The molecule has 0 aromatic heterocycles. The van der Waals surface area contributed by atoms with Gasteiger partial charge >= 0.3 is 0 Å². The highest BCUT2D eigenvalue weighted by Gasteiger charge is 2.22. The average molecular weight is 218 g/mol. The van der Waals surface area contributed by atoms with Gasteiger partial charge in [0.05, 0.1) is 5.60 Å². The molecule has 0 spiro atoms. The van der Waals surface area contributed by atoms with Gasteiger partial charge in [-0.05, 0) is 33.6 Å². The first-order valence-corrected chi connectivity index (χ1v) is 5.57. The third-order valence-electron chi connectivity index (χ3n) is 2.66. The summed E-state index contributed by atoms with van der Waals surface area (Å²) in [7, 11) is 1.71. The fourth-order valence-electron chi connectivity index (χ4n) is 1.57. The van der Waals surface area contributed by atoms with Crippen LogP contribution < -0.4 is 11.1 Å². The monoisotopic (exact) mass is 218 g/mol. The van der Waals surface area contributed by atoms with Crippen LogP contribution in [-0.2, 0) is 4.74 Å². The summed E-state index contributed by atoms with van der Waals surface area (Å²) >= 11 is 0. The first-order valence-electron chi connectivity index (χ1n) is 5.57. The van der Waals surface area contributed by atoms with Gasteiger partial charge in [-0.25, -0.2) is 0 Å². The van der Waals surface area contributed by atoms with Crippen LogP contribution in [-0.4, -0.2) is 43.1 Å². The van der Waals surface area contributed by atoms with Gasteiger partial charge in [0, 0.05) is 32.3 Å². The second-order valence-corrected chi connectivity index (χ2v) is 4.68. The summed E-state index contributed by atoms with van der Waals surface area (Å²) in [6, 6.07) is 0.526. The molecule has 4 N–H and O–H groups in total. The smallest absolute Gasteiger partial charge is 0.0638 e. The molecular weight excluding hydrogens is 192 g/mol. The van der Waals surface area contributed by atoms with Crippen molar-refractivity contribution in [2.75, 3.05) is 20.3 Å². The van der Waals surface area contributed by atoms with E-state index in [1.807, 2.05) is 13.8 Å². The summed E-state index contributed by atoms with van der Waals surface area (Å²) in [5.41, 5.74) is 5.54. The van der Waals surface area contributed by atoms with E-state index in [0.717, 1.165) is 12.8 Å². The number of ether oxygens (including phenoxy) is 1. The summed E-state index contributed by atoms with van der Waals surface area (Å²) in [6.07, 6.45) is 1.62. The molecular formula is C11H26N2O2. The Bertz CT molecular complexity index is 163. The van der Waals surface area contributed by atoms with E-state index in [0.29, 0.717) is 6.54 Å². The van der Waals surface area contributed by atoms with Crippen LogP contribution >= 0.6 is 0 Å².